The average Bonchev–Trinajstić information content (AvgIpc) is 2.92. The van der Waals surface area contributed by atoms with Gasteiger partial charge in [-0.25, -0.2) is 9.78 Å². The summed E-state index contributed by atoms with van der Waals surface area (Å²) >= 11 is 7.09. The number of fused-ring (bicyclic) bond motifs is 1. The van der Waals surface area contributed by atoms with Crippen LogP contribution in [0, 0.1) is 0 Å². The Morgan fingerprint density at radius 3 is 2.76 bits per heavy atom. The highest BCUT2D eigenvalue weighted by Gasteiger charge is 2.18. The summed E-state index contributed by atoms with van der Waals surface area (Å²) in [6.07, 6.45) is 0. The molecule has 2 aromatic heterocycles. The van der Waals surface area contributed by atoms with Crippen LogP contribution in [0.5, 0.6) is 0 Å². The summed E-state index contributed by atoms with van der Waals surface area (Å²) in [5, 5.41) is 11.6. The van der Waals surface area contributed by atoms with Crippen LogP contribution < -0.4 is 16.4 Å². The standard InChI is InChI=1S/C15H13ClN4O4S/c1-19-12-11(13(23)18-14(19)24)20(15(17-12)25-7-10(21)22)6-8-4-2-3-5-9(8)16/h2-5H,6-7H2,1H3,(H,21,22)(H,18,23,24)/p-1. The molecule has 3 rings (SSSR count). The predicted molar refractivity (Wildman–Crippen MR) is 91.9 cm³/mol. The highest BCUT2D eigenvalue weighted by Crippen LogP contribution is 2.24. The molecule has 0 saturated carbocycles. The molecule has 10 heteroatoms. The van der Waals surface area contributed by atoms with Crippen LogP contribution in [0.1, 0.15) is 5.56 Å². The van der Waals surface area contributed by atoms with Gasteiger partial charge in [0.1, 0.15) is 0 Å². The van der Waals surface area contributed by atoms with Crippen molar-refractivity contribution in [2.24, 2.45) is 7.05 Å². The lowest BCUT2D eigenvalue weighted by Crippen LogP contribution is -2.29. The van der Waals surface area contributed by atoms with Gasteiger partial charge in [0.2, 0.25) is 0 Å². The molecule has 0 aliphatic carbocycles. The number of H-pyrrole nitrogens is 1. The minimum Gasteiger partial charge on any atom is -0.549 e. The molecular weight excluding hydrogens is 368 g/mol. The van der Waals surface area contributed by atoms with Gasteiger partial charge in [0, 0.05) is 17.8 Å². The minimum atomic E-state index is -1.26. The van der Waals surface area contributed by atoms with Crippen LogP contribution in [0.25, 0.3) is 11.2 Å². The van der Waals surface area contributed by atoms with Gasteiger partial charge >= 0.3 is 5.69 Å². The van der Waals surface area contributed by atoms with Crippen LogP contribution in [-0.4, -0.2) is 30.8 Å². The van der Waals surface area contributed by atoms with Gasteiger partial charge in [-0.2, -0.15) is 0 Å². The second kappa shape index (κ2) is 6.77. The van der Waals surface area contributed by atoms with Gasteiger partial charge in [0.15, 0.2) is 16.3 Å². The number of carbonyl (C=O) groups excluding carboxylic acids is 1. The summed E-state index contributed by atoms with van der Waals surface area (Å²) in [4.78, 5) is 41.4. The van der Waals surface area contributed by atoms with Gasteiger partial charge in [0.25, 0.3) is 5.56 Å². The third-order valence-electron chi connectivity index (χ3n) is 3.58. The van der Waals surface area contributed by atoms with E-state index in [9.17, 15) is 19.5 Å². The van der Waals surface area contributed by atoms with E-state index < -0.39 is 17.2 Å². The molecule has 0 amide bonds. The van der Waals surface area contributed by atoms with Crippen molar-refractivity contribution < 1.29 is 9.90 Å². The number of nitrogens with zero attached hydrogens (tertiary/aromatic N) is 3. The van der Waals surface area contributed by atoms with E-state index in [1.165, 1.54) is 11.6 Å². The number of hydrogen-bond donors (Lipinski definition) is 1. The monoisotopic (exact) mass is 379 g/mol. The smallest absolute Gasteiger partial charge is 0.329 e. The van der Waals surface area contributed by atoms with Crippen molar-refractivity contribution in [3.05, 3.63) is 55.7 Å². The second-order valence-electron chi connectivity index (χ2n) is 5.22. The third-order valence-corrected chi connectivity index (χ3v) is 4.90. The van der Waals surface area contributed by atoms with Crippen molar-refractivity contribution in [1.82, 2.24) is 19.1 Å². The molecular formula is C15H12ClN4O4S-. The number of nitrogens with one attached hydrogen (secondary N) is 1. The molecule has 0 atom stereocenters. The number of aromatic amines is 1. The summed E-state index contributed by atoms with van der Waals surface area (Å²) in [6, 6.07) is 7.08. The normalized spacial score (nSPS) is 11.1. The lowest BCUT2D eigenvalue weighted by Gasteiger charge is -2.10. The van der Waals surface area contributed by atoms with Crippen molar-refractivity contribution in [3.8, 4) is 0 Å². The van der Waals surface area contributed by atoms with E-state index in [1.807, 2.05) is 0 Å². The highest BCUT2D eigenvalue weighted by atomic mass is 35.5. The van der Waals surface area contributed by atoms with Crippen molar-refractivity contribution in [2.75, 3.05) is 5.75 Å². The summed E-state index contributed by atoms with van der Waals surface area (Å²) in [5.41, 5.74) is -0.133. The molecule has 1 aromatic carbocycles. The molecule has 25 heavy (non-hydrogen) atoms. The molecule has 3 aromatic rings. The van der Waals surface area contributed by atoms with Crippen LogP contribution in [0.15, 0.2) is 39.0 Å². The maximum Gasteiger partial charge on any atom is 0.329 e. The molecule has 0 aliphatic rings. The van der Waals surface area contributed by atoms with Gasteiger partial charge in [-0.3, -0.25) is 14.3 Å². The first kappa shape index (κ1) is 17.3. The van der Waals surface area contributed by atoms with Crippen LogP contribution in [0.3, 0.4) is 0 Å². The van der Waals surface area contributed by atoms with E-state index in [0.29, 0.717) is 5.02 Å². The quantitative estimate of drug-likeness (QED) is 0.623. The number of halogens is 1. The number of carboxylic acid groups (broad SMARTS) is 1. The number of benzene rings is 1. The first-order valence-corrected chi connectivity index (χ1v) is 8.50. The summed E-state index contributed by atoms with van der Waals surface area (Å²) in [5.74, 6) is -1.60. The van der Waals surface area contributed by atoms with Crippen LogP contribution in [-0.2, 0) is 18.4 Å². The van der Waals surface area contributed by atoms with Crippen molar-refractivity contribution in [1.29, 1.82) is 0 Å². The lowest BCUT2D eigenvalue weighted by molar-refractivity contribution is -0.301. The number of aliphatic carboxylic acids is 1. The number of imidazole rings is 1. The molecule has 0 bridgehead atoms. The Morgan fingerprint density at radius 1 is 1.36 bits per heavy atom. The fourth-order valence-corrected chi connectivity index (χ4v) is 3.30. The largest absolute Gasteiger partial charge is 0.549 e. The predicted octanol–water partition coefficient (Wildman–Crippen LogP) is -0.0330. The molecule has 0 saturated heterocycles. The van der Waals surface area contributed by atoms with E-state index >= 15 is 0 Å². The molecule has 0 spiro atoms. The maximum absolute atomic E-state index is 12.3. The third kappa shape index (κ3) is 3.33. The number of carbonyl (C=O) groups is 1. The second-order valence-corrected chi connectivity index (χ2v) is 6.57. The van der Waals surface area contributed by atoms with Gasteiger partial charge in [0.05, 0.1) is 12.5 Å². The topological polar surface area (TPSA) is 113 Å². The summed E-state index contributed by atoms with van der Waals surface area (Å²) in [6.45, 7) is 0.201. The van der Waals surface area contributed by atoms with Crippen LogP contribution in [0.4, 0.5) is 0 Å². The summed E-state index contributed by atoms with van der Waals surface area (Å²) in [7, 11) is 1.47. The van der Waals surface area contributed by atoms with Crippen molar-refractivity contribution >= 4 is 40.5 Å². The molecule has 8 nitrogen and oxygen atoms in total. The van der Waals surface area contributed by atoms with Crippen LogP contribution >= 0.6 is 23.4 Å². The Kier molecular flexibility index (Phi) is 4.69. The molecule has 0 radical (unpaired) electrons. The molecule has 0 unspecified atom stereocenters. The Labute approximate surface area is 150 Å². The van der Waals surface area contributed by atoms with E-state index in [0.717, 1.165) is 17.3 Å². The molecule has 0 fully saturated rings. The van der Waals surface area contributed by atoms with Gasteiger partial charge < -0.3 is 14.5 Å². The van der Waals surface area contributed by atoms with Gasteiger partial charge in [-0.15, -0.1) is 0 Å². The Bertz CT molecular complexity index is 1090. The zero-order chi connectivity index (χ0) is 18.1. The SMILES string of the molecule is Cn1c(=O)[nH]c(=O)c2c1nc(SCC(=O)[O-])n2Cc1ccccc1Cl. The Hall–Kier alpha value is -2.52. The molecule has 130 valence electrons. The van der Waals surface area contributed by atoms with Crippen molar-refractivity contribution in [3.63, 3.8) is 0 Å². The molecule has 0 aliphatic heterocycles. The fraction of sp³-hybridized carbons (Fsp3) is 0.200. The first-order chi connectivity index (χ1) is 11.9. The zero-order valence-electron chi connectivity index (χ0n) is 13.0. The number of aryl methyl sites for hydroxylation is 1. The summed E-state index contributed by atoms with van der Waals surface area (Å²) < 4.78 is 2.74. The molecule has 1 N–H and O–H groups in total. The van der Waals surface area contributed by atoms with Gasteiger partial charge in [-0.1, -0.05) is 41.6 Å². The number of rotatable bonds is 5. The lowest BCUT2D eigenvalue weighted by atomic mass is 10.2. The van der Waals surface area contributed by atoms with E-state index in [-0.39, 0.29) is 28.6 Å². The van der Waals surface area contributed by atoms with E-state index in [2.05, 4.69) is 9.97 Å². The fourth-order valence-electron chi connectivity index (χ4n) is 2.39. The molecule has 2 heterocycles. The zero-order valence-corrected chi connectivity index (χ0v) is 14.6. The van der Waals surface area contributed by atoms with Crippen LogP contribution in [0.2, 0.25) is 5.02 Å². The van der Waals surface area contributed by atoms with E-state index in [1.54, 1.807) is 28.8 Å². The minimum absolute atomic E-state index is 0.168. The number of carboxylic acids is 1. The highest BCUT2D eigenvalue weighted by molar-refractivity contribution is 7.99. The first-order valence-electron chi connectivity index (χ1n) is 7.14. The number of hydrogen-bond acceptors (Lipinski definition) is 6. The average molecular weight is 380 g/mol. The number of aromatic nitrogens is 4. The Morgan fingerprint density at radius 2 is 2.08 bits per heavy atom. The number of thioether (sulfide) groups is 1. The Balaban J connectivity index is 2.22. The van der Waals surface area contributed by atoms with Gasteiger partial charge in [-0.05, 0) is 11.6 Å². The van der Waals surface area contributed by atoms with Crippen molar-refractivity contribution in [2.45, 2.75) is 11.7 Å². The maximum atomic E-state index is 12.3. The van der Waals surface area contributed by atoms with E-state index in [4.69, 9.17) is 11.6 Å².